The lowest BCUT2D eigenvalue weighted by molar-refractivity contribution is -0.123. The van der Waals surface area contributed by atoms with Crippen molar-refractivity contribution in [1.82, 2.24) is 0 Å². The van der Waals surface area contributed by atoms with Crippen molar-refractivity contribution in [3.63, 3.8) is 0 Å². The van der Waals surface area contributed by atoms with Crippen LogP contribution >= 0.6 is 0 Å². The fraction of sp³-hybridized carbons (Fsp3) is 0.917. The Morgan fingerprint density at radius 2 is 2.25 bits per heavy atom. The Morgan fingerprint density at radius 1 is 1.56 bits per heavy atom. The largest absolute Gasteiger partial charge is 0.378 e. The Bertz CT molecular complexity index is 243. The van der Waals surface area contributed by atoms with Crippen molar-refractivity contribution in [2.24, 2.45) is 17.4 Å². The minimum Gasteiger partial charge on any atom is -0.378 e. The van der Waals surface area contributed by atoms with E-state index in [-0.39, 0.29) is 6.10 Å². The van der Waals surface area contributed by atoms with E-state index in [0.717, 1.165) is 19.4 Å². The molecule has 4 heteroatoms. The maximum Gasteiger partial charge on any atom is 0.237 e. The number of nitrogens with two attached hydrogens (primary N) is 2. The van der Waals surface area contributed by atoms with Gasteiger partial charge in [-0.15, -0.1) is 0 Å². The van der Waals surface area contributed by atoms with Gasteiger partial charge >= 0.3 is 0 Å². The summed E-state index contributed by atoms with van der Waals surface area (Å²) in [5.74, 6) is 0.312. The molecule has 1 fully saturated rings. The zero-order chi connectivity index (χ0) is 12.2. The third-order valence-corrected chi connectivity index (χ3v) is 3.27. The van der Waals surface area contributed by atoms with Crippen molar-refractivity contribution in [3.05, 3.63) is 0 Å². The SMILES string of the molecule is CC(C)CCCOC1CCC(N)(C(N)=O)C1. The fourth-order valence-electron chi connectivity index (χ4n) is 2.14. The first-order valence-corrected chi connectivity index (χ1v) is 6.14. The van der Waals surface area contributed by atoms with Crippen molar-refractivity contribution < 1.29 is 9.53 Å². The van der Waals surface area contributed by atoms with E-state index in [2.05, 4.69) is 13.8 Å². The molecule has 0 aliphatic heterocycles. The number of hydrogen-bond donors (Lipinski definition) is 2. The van der Waals surface area contributed by atoms with E-state index in [0.29, 0.717) is 18.8 Å². The zero-order valence-electron chi connectivity index (χ0n) is 10.4. The van der Waals surface area contributed by atoms with Crippen LogP contribution in [0.15, 0.2) is 0 Å². The van der Waals surface area contributed by atoms with Crippen LogP contribution in [0, 0.1) is 5.92 Å². The van der Waals surface area contributed by atoms with E-state index in [1.165, 1.54) is 6.42 Å². The van der Waals surface area contributed by atoms with Gasteiger partial charge in [-0.05, 0) is 31.6 Å². The molecule has 1 saturated carbocycles. The van der Waals surface area contributed by atoms with Crippen molar-refractivity contribution in [2.75, 3.05) is 6.61 Å². The van der Waals surface area contributed by atoms with Gasteiger partial charge in [-0.25, -0.2) is 0 Å². The number of hydrogen-bond acceptors (Lipinski definition) is 3. The summed E-state index contributed by atoms with van der Waals surface area (Å²) in [5.41, 5.74) is 10.3. The van der Waals surface area contributed by atoms with E-state index < -0.39 is 11.4 Å². The topological polar surface area (TPSA) is 78.3 Å². The fourth-order valence-corrected chi connectivity index (χ4v) is 2.14. The molecule has 94 valence electrons. The predicted octanol–water partition coefficient (Wildman–Crippen LogP) is 1.17. The van der Waals surface area contributed by atoms with Gasteiger partial charge in [0, 0.05) is 13.0 Å². The molecule has 4 N–H and O–H groups in total. The maximum absolute atomic E-state index is 11.1. The lowest BCUT2D eigenvalue weighted by Crippen LogP contribution is -2.50. The van der Waals surface area contributed by atoms with E-state index in [1.54, 1.807) is 0 Å². The zero-order valence-corrected chi connectivity index (χ0v) is 10.4. The van der Waals surface area contributed by atoms with E-state index in [1.807, 2.05) is 0 Å². The lowest BCUT2D eigenvalue weighted by atomic mass is 9.99. The smallest absolute Gasteiger partial charge is 0.237 e. The van der Waals surface area contributed by atoms with E-state index >= 15 is 0 Å². The molecule has 0 saturated heterocycles. The Hall–Kier alpha value is -0.610. The number of rotatable bonds is 6. The van der Waals surface area contributed by atoms with Gasteiger partial charge in [-0.1, -0.05) is 13.8 Å². The summed E-state index contributed by atoms with van der Waals surface area (Å²) in [5, 5.41) is 0. The van der Waals surface area contributed by atoms with Crippen molar-refractivity contribution in [3.8, 4) is 0 Å². The van der Waals surface area contributed by atoms with E-state index in [4.69, 9.17) is 16.2 Å². The molecule has 0 bridgehead atoms. The minimum atomic E-state index is -0.831. The lowest BCUT2D eigenvalue weighted by Gasteiger charge is -2.19. The van der Waals surface area contributed by atoms with Gasteiger partial charge in [0.2, 0.25) is 5.91 Å². The van der Waals surface area contributed by atoms with Crippen LogP contribution in [0.3, 0.4) is 0 Å². The average molecular weight is 228 g/mol. The standard InChI is InChI=1S/C12H24N2O2/c1-9(2)4-3-7-16-10-5-6-12(14,8-10)11(13)15/h9-10H,3-8,14H2,1-2H3,(H2,13,15). The summed E-state index contributed by atoms with van der Waals surface area (Å²) in [6, 6.07) is 0. The third kappa shape index (κ3) is 3.76. The van der Waals surface area contributed by atoms with Crippen LogP contribution in [0.5, 0.6) is 0 Å². The third-order valence-electron chi connectivity index (χ3n) is 3.27. The first-order valence-electron chi connectivity index (χ1n) is 6.14. The Morgan fingerprint density at radius 3 is 2.75 bits per heavy atom. The van der Waals surface area contributed by atoms with Gasteiger partial charge in [0.15, 0.2) is 0 Å². The summed E-state index contributed by atoms with van der Waals surface area (Å²) in [6.07, 6.45) is 4.44. The molecule has 2 unspecified atom stereocenters. The highest BCUT2D eigenvalue weighted by atomic mass is 16.5. The molecular weight excluding hydrogens is 204 g/mol. The highest BCUT2D eigenvalue weighted by Crippen LogP contribution is 2.29. The second kappa shape index (κ2) is 5.64. The summed E-state index contributed by atoms with van der Waals surface area (Å²) in [4.78, 5) is 11.1. The quantitative estimate of drug-likeness (QED) is 0.670. The molecule has 1 rings (SSSR count). The molecule has 2 atom stereocenters. The number of carbonyl (C=O) groups is 1. The summed E-state index contributed by atoms with van der Waals surface area (Å²) < 4.78 is 5.71. The second-order valence-corrected chi connectivity index (χ2v) is 5.29. The molecule has 0 spiro atoms. The molecule has 0 radical (unpaired) electrons. The van der Waals surface area contributed by atoms with Crippen LogP contribution in [-0.2, 0) is 9.53 Å². The van der Waals surface area contributed by atoms with Crippen molar-refractivity contribution in [2.45, 2.75) is 57.6 Å². The van der Waals surface area contributed by atoms with Gasteiger partial charge < -0.3 is 16.2 Å². The Kier molecular flexibility index (Phi) is 4.74. The molecule has 1 aliphatic rings. The first kappa shape index (κ1) is 13.5. The molecule has 16 heavy (non-hydrogen) atoms. The highest BCUT2D eigenvalue weighted by Gasteiger charge is 2.40. The maximum atomic E-state index is 11.1. The number of amides is 1. The van der Waals surface area contributed by atoms with Gasteiger partial charge in [-0.2, -0.15) is 0 Å². The second-order valence-electron chi connectivity index (χ2n) is 5.29. The van der Waals surface area contributed by atoms with Crippen molar-refractivity contribution in [1.29, 1.82) is 0 Å². The van der Waals surface area contributed by atoms with E-state index in [9.17, 15) is 4.79 Å². The van der Waals surface area contributed by atoms with Gasteiger partial charge in [-0.3, -0.25) is 4.79 Å². The van der Waals surface area contributed by atoms with Crippen molar-refractivity contribution >= 4 is 5.91 Å². The molecule has 4 nitrogen and oxygen atoms in total. The van der Waals surface area contributed by atoms with Gasteiger partial charge in [0.1, 0.15) is 0 Å². The highest BCUT2D eigenvalue weighted by molar-refractivity contribution is 5.84. The molecule has 0 heterocycles. The van der Waals surface area contributed by atoms with Crippen LogP contribution in [0.1, 0.15) is 46.0 Å². The Labute approximate surface area is 97.7 Å². The number of primary amides is 1. The molecule has 0 aromatic rings. The molecule has 0 aromatic carbocycles. The Balaban J connectivity index is 2.19. The molecular formula is C12H24N2O2. The van der Waals surface area contributed by atoms with Gasteiger partial charge in [0.05, 0.1) is 11.6 Å². The van der Waals surface area contributed by atoms with Crippen LogP contribution in [0.25, 0.3) is 0 Å². The predicted molar refractivity (Wildman–Crippen MR) is 63.8 cm³/mol. The number of ether oxygens (including phenoxy) is 1. The summed E-state index contributed by atoms with van der Waals surface area (Å²) in [6.45, 7) is 5.17. The number of carbonyl (C=O) groups excluding carboxylic acids is 1. The minimum absolute atomic E-state index is 0.115. The average Bonchev–Trinajstić information content (AvgIpc) is 2.56. The molecule has 1 amide bonds. The monoisotopic (exact) mass is 228 g/mol. The van der Waals surface area contributed by atoms with Crippen LogP contribution in [-0.4, -0.2) is 24.2 Å². The van der Waals surface area contributed by atoms with Crippen LogP contribution < -0.4 is 11.5 Å². The summed E-state index contributed by atoms with van der Waals surface area (Å²) >= 11 is 0. The van der Waals surface area contributed by atoms with Crippen LogP contribution in [0.2, 0.25) is 0 Å². The summed E-state index contributed by atoms with van der Waals surface area (Å²) in [7, 11) is 0. The van der Waals surface area contributed by atoms with Crippen LogP contribution in [0.4, 0.5) is 0 Å². The molecule has 0 aromatic heterocycles. The molecule has 1 aliphatic carbocycles. The first-order chi connectivity index (χ1) is 7.44. The van der Waals surface area contributed by atoms with Gasteiger partial charge in [0.25, 0.3) is 0 Å². The normalized spacial score (nSPS) is 29.9.